The molecule has 2 rings (SSSR count). The van der Waals surface area contributed by atoms with Crippen molar-refractivity contribution in [1.82, 2.24) is 5.32 Å². The molecule has 104 valence electrons. The Labute approximate surface area is 114 Å². The van der Waals surface area contributed by atoms with Gasteiger partial charge in [-0.2, -0.15) is 0 Å². The van der Waals surface area contributed by atoms with E-state index in [4.69, 9.17) is 10.5 Å². The third-order valence-corrected chi connectivity index (χ3v) is 3.32. The second-order valence-electron chi connectivity index (χ2n) is 5.49. The first kappa shape index (κ1) is 13.9. The zero-order valence-corrected chi connectivity index (χ0v) is 11.6. The van der Waals surface area contributed by atoms with E-state index in [1.165, 1.54) is 11.1 Å². The van der Waals surface area contributed by atoms with Crippen LogP contribution in [0.4, 0.5) is 0 Å². The number of hydrogen-bond donors (Lipinski definition) is 2. The van der Waals surface area contributed by atoms with Crippen molar-refractivity contribution < 1.29 is 9.53 Å². The molecular formula is C15H22N2O2. The second kappa shape index (κ2) is 6.06. The summed E-state index contributed by atoms with van der Waals surface area (Å²) in [6, 6.07) is 6.05. The van der Waals surface area contributed by atoms with Gasteiger partial charge in [0.05, 0.1) is 0 Å². The lowest BCUT2D eigenvalue weighted by Gasteiger charge is -2.10. The van der Waals surface area contributed by atoms with E-state index in [1.54, 1.807) is 0 Å². The molecule has 4 heteroatoms. The predicted octanol–water partition coefficient (Wildman–Crippen LogP) is 1.78. The van der Waals surface area contributed by atoms with Gasteiger partial charge in [-0.1, -0.05) is 19.9 Å². The molecule has 0 fully saturated rings. The molecular weight excluding hydrogens is 240 g/mol. The van der Waals surface area contributed by atoms with Crippen LogP contribution in [0.25, 0.3) is 0 Å². The summed E-state index contributed by atoms with van der Waals surface area (Å²) in [5.74, 6) is 1.11. The van der Waals surface area contributed by atoms with Gasteiger partial charge in [0.1, 0.15) is 5.75 Å². The van der Waals surface area contributed by atoms with Crippen molar-refractivity contribution in [2.24, 2.45) is 11.7 Å². The number of fused-ring (bicyclic) bond motifs is 1. The van der Waals surface area contributed by atoms with Crippen LogP contribution in [0.3, 0.4) is 0 Å². The SMILES string of the molecule is CC(C)CNC(=O)COc1ccc2c(c1)CCC2N. The normalized spacial score (nSPS) is 17.4. The molecule has 1 unspecified atom stereocenters. The summed E-state index contributed by atoms with van der Waals surface area (Å²) >= 11 is 0. The highest BCUT2D eigenvalue weighted by molar-refractivity contribution is 5.77. The molecule has 0 bridgehead atoms. The lowest BCUT2D eigenvalue weighted by molar-refractivity contribution is -0.123. The van der Waals surface area contributed by atoms with Gasteiger partial charge < -0.3 is 15.8 Å². The summed E-state index contributed by atoms with van der Waals surface area (Å²) in [6.07, 6.45) is 1.99. The lowest BCUT2D eigenvalue weighted by atomic mass is 10.1. The predicted molar refractivity (Wildman–Crippen MR) is 75.0 cm³/mol. The summed E-state index contributed by atoms with van der Waals surface area (Å²) in [5, 5.41) is 2.83. The third kappa shape index (κ3) is 3.70. The number of amides is 1. The van der Waals surface area contributed by atoms with Crippen LogP contribution in [0.1, 0.15) is 37.4 Å². The average molecular weight is 262 g/mol. The van der Waals surface area contributed by atoms with Crippen molar-refractivity contribution in [1.29, 1.82) is 0 Å². The Morgan fingerprint density at radius 3 is 3.05 bits per heavy atom. The number of aryl methyl sites for hydroxylation is 1. The van der Waals surface area contributed by atoms with Crippen molar-refractivity contribution >= 4 is 5.91 Å². The number of carbonyl (C=O) groups is 1. The van der Waals surface area contributed by atoms with Crippen LogP contribution in [0.5, 0.6) is 5.75 Å². The van der Waals surface area contributed by atoms with Gasteiger partial charge in [0.15, 0.2) is 6.61 Å². The number of rotatable bonds is 5. The maximum atomic E-state index is 11.6. The van der Waals surface area contributed by atoms with Crippen molar-refractivity contribution in [2.45, 2.75) is 32.7 Å². The van der Waals surface area contributed by atoms with Gasteiger partial charge in [0, 0.05) is 12.6 Å². The molecule has 1 amide bonds. The van der Waals surface area contributed by atoms with Crippen LogP contribution < -0.4 is 15.8 Å². The van der Waals surface area contributed by atoms with Crippen LogP contribution in [-0.4, -0.2) is 19.1 Å². The summed E-state index contributed by atoms with van der Waals surface area (Å²) in [6.45, 7) is 4.87. The number of nitrogens with one attached hydrogen (secondary N) is 1. The molecule has 4 nitrogen and oxygen atoms in total. The Balaban J connectivity index is 1.85. The highest BCUT2D eigenvalue weighted by Gasteiger charge is 2.19. The quantitative estimate of drug-likeness (QED) is 0.850. The summed E-state index contributed by atoms with van der Waals surface area (Å²) in [4.78, 5) is 11.6. The van der Waals surface area contributed by atoms with E-state index in [1.807, 2.05) is 18.2 Å². The Bertz CT molecular complexity index is 457. The number of benzene rings is 1. The molecule has 0 heterocycles. The maximum absolute atomic E-state index is 11.6. The van der Waals surface area contributed by atoms with Gasteiger partial charge in [-0.15, -0.1) is 0 Å². The molecule has 0 spiro atoms. The first-order valence-electron chi connectivity index (χ1n) is 6.84. The second-order valence-corrected chi connectivity index (χ2v) is 5.49. The maximum Gasteiger partial charge on any atom is 0.257 e. The van der Waals surface area contributed by atoms with Crippen LogP contribution >= 0.6 is 0 Å². The van der Waals surface area contributed by atoms with Gasteiger partial charge >= 0.3 is 0 Å². The van der Waals surface area contributed by atoms with Gasteiger partial charge in [-0.05, 0) is 42.0 Å². The fourth-order valence-corrected chi connectivity index (χ4v) is 2.23. The van der Waals surface area contributed by atoms with Gasteiger partial charge in [-0.25, -0.2) is 0 Å². The topological polar surface area (TPSA) is 64.3 Å². The molecule has 0 aliphatic heterocycles. The minimum atomic E-state index is -0.0779. The van der Waals surface area contributed by atoms with Crippen LogP contribution in [0, 0.1) is 5.92 Å². The number of hydrogen-bond acceptors (Lipinski definition) is 3. The van der Waals surface area contributed by atoms with Crippen molar-refractivity contribution in [2.75, 3.05) is 13.2 Å². The third-order valence-electron chi connectivity index (χ3n) is 3.32. The summed E-state index contributed by atoms with van der Waals surface area (Å²) < 4.78 is 5.51. The smallest absolute Gasteiger partial charge is 0.257 e. The zero-order chi connectivity index (χ0) is 13.8. The first-order valence-corrected chi connectivity index (χ1v) is 6.84. The van der Waals surface area contributed by atoms with E-state index in [0.29, 0.717) is 12.5 Å². The monoisotopic (exact) mass is 262 g/mol. The van der Waals surface area contributed by atoms with E-state index >= 15 is 0 Å². The van der Waals surface area contributed by atoms with E-state index in [-0.39, 0.29) is 18.6 Å². The van der Waals surface area contributed by atoms with Gasteiger partial charge in [0.2, 0.25) is 0 Å². The van der Waals surface area contributed by atoms with Gasteiger partial charge in [-0.3, -0.25) is 4.79 Å². The highest BCUT2D eigenvalue weighted by Crippen LogP contribution is 2.31. The molecule has 1 aromatic carbocycles. The van der Waals surface area contributed by atoms with Crippen LogP contribution in [0.15, 0.2) is 18.2 Å². The van der Waals surface area contributed by atoms with E-state index in [0.717, 1.165) is 18.6 Å². The molecule has 0 saturated carbocycles. The molecule has 1 aliphatic rings. The summed E-state index contributed by atoms with van der Waals surface area (Å²) in [5.41, 5.74) is 8.43. The fraction of sp³-hybridized carbons (Fsp3) is 0.533. The van der Waals surface area contributed by atoms with Gasteiger partial charge in [0.25, 0.3) is 5.91 Å². The number of nitrogens with two attached hydrogens (primary N) is 1. The van der Waals surface area contributed by atoms with Crippen LogP contribution in [-0.2, 0) is 11.2 Å². The van der Waals surface area contributed by atoms with E-state index in [2.05, 4.69) is 19.2 Å². The van der Waals surface area contributed by atoms with E-state index in [9.17, 15) is 4.79 Å². The Kier molecular flexibility index (Phi) is 4.43. The Hall–Kier alpha value is -1.55. The van der Waals surface area contributed by atoms with E-state index < -0.39 is 0 Å². The average Bonchev–Trinajstić information content (AvgIpc) is 2.75. The van der Waals surface area contributed by atoms with Crippen molar-refractivity contribution in [3.63, 3.8) is 0 Å². The van der Waals surface area contributed by atoms with Crippen molar-refractivity contribution in [3.8, 4) is 5.75 Å². The Morgan fingerprint density at radius 2 is 2.32 bits per heavy atom. The number of carbonyl (C=O) groups excluding carboxylic acids is 1. The summed E-state index contributed by atoms with van der Waals surface area (Å²) in [7, 11) is 0. The molecule has 0 radical (unpaired) electrons. The molecule has 19 heavy (non-hydrogen) atoms. The number of ether oxygens (including phenoxy) is 1. The first-order chi connectivity index (χ1) is 9.06. The molecule has 0 aromatic heterocycles. The molecule has 3 N–H and O–H groups in total. The zero-order valence-electron chi connectivity index (χ0n) is 11.6. The minimum absolute atomic E-state index is 0.0670. The minimum Gasteiger partial charge on any atom is -0.484 e. The fourth-order valence-electron chi connectivity index (χ4n) is 2.23. The molecule has 1 atom stereocenters. The van der Waals surface area contributed by atoms with Crippen molar-refractivity contribution in [3.05, 3.63) is 29.3 Å². The standard InChI is InChI=1S/C15H22N2O2/c1-10(2)8-17-15(18)9-19-12-4-5-13-11(7-12)3-6-14(13)16/h4-5,7,10,14H,3,6,8-9,16H2,1-2H3,(H,17,18). The molecule has 1 aliphatic carbocycles. The molecule has 0 saturated heterocycles. The van der Waals surface area contributed by atoms with Crippen LogP contribution in [0.2, 0.25) is 0 Å². The molecule has 1 aromatic rings. The Morgan fingerprint density at radius 1 is 1.53 bits per heavy atom. The lowest BCUT2D eigenvalue weighted by Crippen LogP contribution is -2.31. The largest absolute Gasteiger partial charge is 0.484 e. The highest BCUT2D eigenvalue weighted by atomic mass is 16.5.